The highest BCUT2D eigenvalue weighted by atomic mass is 16.7. The minimum atomic E-state index is -0.712. The first-order chi connectivity index (χ1) is 9.53. The largest absolute Gasteiger partial charge is 0.469 e. The number of hydrogen-bond acceptors (Lipinski definition) is 5. The molecule has 3 fully saturated rings. The third-order valence-corrected chi connectivity index (χ3v) is 5.31. The molecule has 4 aliphatic rings. The molecule has 4 heterocycles. The van der Waals surface area contributed by atoms with Crippen molar-refractivity contribution in [3.05, 3.63) is 23.2 Å². The SMILES string of the molecule is Cc1coc2c1C1OC(=O)C3(CCC4OC4(C)C2)OC13. The number of carbonyl (C=O) groups excluding carboxylic acids is 1. The van der Waals surface area contributed by atoms with E-state index in [2.05, 4.69) is 6.92 Å². The first-order valence-corrected chi connectivity index (χ1v) is 7.17. The smallest absolute Gasteiger partial charge is 0.342 e. The lowest BCUT2D eigenvalue weighted by Crippen LogP contribution is -2.24. The van der Waals surface area contributed by atoms with Gasteiger partial charge in [-0.2, -0.15) is 0 Å². The zero-order valence-electron chi connectivity index (χ0n) is 11.5. The molecule has 0 aromatic carbocycles. The summed E-state index contributed by atoms with van der Waals surface area (Å²) in [6.07, 6.45) is 3.73. The van der Waals surface area contributed by atoms with Crippen molar-refractivity contribution in [1.29, 1.82) is 0 Å². The Morgan fingerprint density at radius 3 is 3.00 bits per heavy atom. The zero-order valence-corrected chi connectivity index (χ0v) is 11.5. The van der Waals surface area contributed by atoms with Crippen molar-refractivity contribution in [2.75, 3.05) is 0 Å². The van der Waals surface area contributed by atoms with Crippen molar-refractivity contribution in [2.24, 2.45) is 0 Å². The Labute approximate surface area is 116 Å². The minimum Gasteiger partial charge on any atom is -0.469 e. The van der Waals surface area contributed by atoms with Gasteiger partial charge >= 0.3 is 5.97 Å². The molecule has 0 N–H and O–H groups in total. The van der Waals surface area contributed by atoms with Gasteiger partial charge in [-0.3, -0.25) is 0 Å². The highest BCUT2D eigenvalue weighted by molar-refractivity contribution is 5.87. The summed E-state index contributed by atoms with van der Waals surface area (Å²) in [5.41, 5.74) is 1.13. The van der Waals surface area contributed by atoms with Crippen molar-refractivity contribution in [3.8, 4) is 0 Å². The van der Waals surface area contributed by atoms with E-state index < -0.39 is 5.60 Å². The lowest BCUT2D eigenvalue weighted by atomic mass is 9.88. The molecule has 0 saturated carbocycles. The monoisotopic (exact) mass is 276 g/mol. The van der Waals surface area contributed by atoms with Gasteiger partial charge in [-0.25, -0.2) is 4.79 Å². The molecule has 2 bridgehead atoms. The Kier molecular flexibility index (Phi) is 1.77. The summed E-state index contributed by atoms with van der Waals surface area (Å²) < 4.78 is 22.9. The maximum Gasteiger partial charge on any atom is 0.342 e. The van der Waals surface area contributed by atoms with Gasteiger partial charge in [-0.1, -0.05) is 0 Å². The topological polar surface area (TPSA) is 64.5 Å². The van der Waals surface area contributed by atoms with E-state index in [-0.39, 0.29) is 29.9 Å². The molecule has 5 nitrogen and oxygen atoms in total. The van der Waals surface area contributed by atoms with Gasteiger partial charge in [0.05, 0.1) is 18.0 Å². The van der Waals surface area contributed by atoms with E-state index in [1.807, 2.05) is 6.92 Å². The first-order valence-electron chi connectivity index (χ1n) is 7.17. The Morgan fingerprint density at radius 2 is 2.20 bits per heavy atom. The number of carbonyl (C=O) groups is 1. The van der Waals surface area contributed by atoms with Gasteiger partial charge in [0.2, 0.25) is 0 Å². The maximum absolute atomic E-state index is 12.2. The Morgan fingerprint density at radius 1 is 1.35 bits per heavy atom. The molecule has 3 aliphatic heterocycles. The average Bonchev–Trinajstić information content (AvgIpc) is 3.21. The highest BCUT2D eigenvalue weighted by Gasteiger charge is 2.74. The van der Waals surface area contributed by atoms with E-state index in [9.17, 15) is 4.79 Å². The second kappa shape index (κ2) is 3.12. The molecule has 0 radical (unpaired) electrons. The number of rotatable bonds is 0. The lowest BCUT2D eigenvalue weighted by Gasteiger charge is -2.14. The first kappa shape index (κ1) is 11.3. The molecule has 5 rings (SSSR count). The second-order valence-corrected chi connectivity index (χ2v) is 6.64. The number of fused-ring (bicyclic) bond motifs is 3. The van der Waals surface area contributed by atoms with Gasteiger partial charge in [0.15, 0.2) is 11.7 Å². The summed E-state index contributed by atoms with van der Waals surface area (Å²) in [4.78, 5) is 12.2. The number of esters is 1. The van der Waals surface area contributed by atoms with E-state index in [1.54, 1.807) is 6.26 Å². The molecule has 0 spiro atoms. The normalized spacial score (nSPS) is 47.9. The Hall–Kier alpha value is -1.33. The predicted octanol–water partition coefficient (Wildman–Crippen LogP) is 1.82. The molecule has 1 aromatic heterocycles. The predicted molar refractivity (Wildman–Crippen MR) is 66.1 cm³/mol. The molecular formula is C15H16O5. The van der Waals surface area contributed by atoms with Crippen LogP contribution in [0.1, 0.15) is 42.8 Å². The van der Waals surface area contributed by atoms with Gasteiger partial charge in [0.1, 0.15) is 11.9 Å². The van der Waals surface area contributed by atoms with Crippen LogP contribution in [0.4, 0.5) is 0 Å². The fraction of sp³-hybridized carbons (Fsp3) is 0.667. The van der Waals surface area contributed by atoms with E-state index in [1.165, 1.54) is 0 Å². The summed E-state index contributed by atoms with van der Waals surface area (Å²) in [6.45, 7) is 4.09. The minimum absolute atomic E-state index is 0.145. The molecule has 1 aliphatic carbocycles. The summed E-state index contributed by atoms with van der Waals surface area (Å²) in [7, 11) is 0. The standard InChI is InChI=1S/C15H16O5/c1-7-6-17-8-5-14(2)9(19-14)3-4-15-12(20-15)11(10(7)8)18-13(15)16/h6,9,11-12H,3-5H2,1-2H3. The number of furan rings is 1. The Balaban J connectivity index is 1.65. The summed E-state index contributed by atoms with van der Waals surface area (Å²) in [5.74, 6) is 0.654. The number of aryl methyl sites for hydroxylation is 1. The fourth-order valence-corrected chi connectivity index (χ4v) is 3.95. The van der Waals surface area contributed by atoms with Gasteiger partial charge in [-0.15, -0.1) is 0 Å². The summed E-state index contributed by atoms with van der Waals surface area (Å²) in [6, 6.07) is 0. The van der Waals surface area contributed by atoms with Crippen LogP contribution in [0.25, 0.3) is 0 Å². The van der Waals surface area contributed by atoms with Crippen LogP contribution >= 0.6 is 0 Å². The lowest BCUT2D eigenvalue weighted by molar-refractivity contribution is -0.154. The Bertz CT molecular complexity index is 634. The van der Waals surface area contributed by atoms with Gasteiger partial charge in [0.25, 0.3) is 0 Å². The summed E-state index contributed by atoms with van der Waals surface area (Å²) >= 11 is 0. The van der Waals surface area contributed by atoms with Crippen LogP contribution in [0, 0.1) is 6.92 Å². The molecular weight excluding hydrogens is 260 g/mol. The van der Waals surface area contributed by atoms with Crippen LogP contribution < -0.4 is 0 Å². The molecule has 3 saturated heterocycles. The van der Waals surface area contributed by atoms with Crippen molar-refractivity contribution < 1.29 is 23.4 Å². The van der Waals surface area contributed by atoms with Crippen LogP contribution in [0.3, 0.4) is 0 Å². The van der Waals surface area contributed by atoms with E-state index in [4.69, 9.17) is 18.6 Å². The van der Waals surface area contributed by atoms with Crippen molar-refractivity contribution in [3.63, 3.8) is 0 Å². The summed E-state index contributed by atoms with van der Waals surface area (Å²) in [5, 5.41) is 0. The number of hydrogen-bond donors (Lipinski definition) is 0. The molecule has 20 heavy (non-hydrogen) atoms. The zero-order chi connectivity index (χ0) is 13.7. The van der Waals surface area contributed by atoms with E-state index in [0.29, 0.717) is 6.42 Å². The van der Waals surface area contributed by atoms with Gasteiger partial charge < -0.3 is 18.6 Å². The maximum atomic E-state index is 12.2. The van der Waals surface area contributed by atoms with Crippen molar-refractivity contribution in [1.82, 2.24) is 0 Å². The second-order valence-electron chi connectivity index (χ2n) is 6.64. The van der Waals surface area contributed by atoms with E-state index in [0.717, 1.165) is 29.7 Å². The van der Waals surface area contributed by atoms with Crippen molar-refractivity contribution in [2.45, 2.75) is 62.6 Å². The van der Waals surface area contributed by atoms with Crippen LogP contribution in [-0.2, 0) is 25.4 Å². The van der Waals surface area contributed by atoms with Crippen LogP contribution in [0.2, 0.25) is 0 Å². The average molecular weight is 276 g/mol. The number of ether oxygens (including phenoxy) is 3. The number of epoxide rings is 2. The fourth-order valence-electron chi connectivity index (χ4n) is 3.95. The molecule has 0 amide bonds. The van der Waals surface area contributed by atoms with Crippen LogP contribution in [0.5, 0.6) is 0 Å². The molecule has 5 unspecified atom stereocenters. The molecule has 1 aromatic rings. The van der Waals surface area contributed by atoms with E-state index >= 15 is 0 Å². The third-order valence-electron chi connectivity index (χ3n) is 5.31. The van der Waals surface area contributed by atoms with Gasteiger partial charge in [0, 0.05) is 12.0 Å². The van der Waals surface area contributed by atoms with Crippen molar-refractivity contribution >= 4 is 5.97 Å². The molecule has 5 atom stereocenters. The third kappa shape index (κ3) is 1.19. The van der Waals surface area contributed by atoms with Crippen LogP contribution in [-0.4, -0.2) is 29.4 Å². The van der Waals surface area contributed by atoms with Crippen LogP contribution in [0.15, 0.2) is 10.7 Å². The van der Waals surface area contributed by atoms with Gasteiger partial charge in [-0.05, 0) is 32.3 Å². The quantitative estimate of drug-likeness (QED) is 0.534. The highest BCUT2D eigenvalue weighted by Crippen LogP contribution is 2.59. The molecule has 106 valence electrons. The molecule has 5 heteroatoms.